The molecular weight excluding hydrogens is 356 g/mol. The number of hydrogen-bond donors (Lipinski definition) is 0. The fourth-order valence-corrected chi connectivity index (χ4v) is 5.07. The Morgan fingerprint density at radius 2 is 2.12 bits per heavy atom. The third-order valence-corrected chi connectivity index (χ3v) is 6.55. The van der Waals surface area contributed by atoms with E-state index in [2.05, 4.69) is 4.98 Å². The maximum Gasteiger partial charge on any atom is 0.324 e. The molecular formula is C18H26N2O5S. The van der Waals surface area contributed by atoms with E-state index in [9.17, 15) is 18.0 Å². The molecule has 1 fully saturated rings. The van der Waals surface area contributed by atoms with Gasteiger partial charge >= 0.3 is 5.97 Å². The lowest BCUT2D eigenvalue weighted by Crippen LogP contribution is -2.41. The standard InChI is InChI=1S/C18H26N2O5S/c1-14-10-11-17(15(19-14)8-5-3-4-6-13-21)26(23,24)20-12-7-9-16(20)18(22)25-2/h10-11,13,16H,3-9,12H2,1-2H3/t16-/m0/s1. The molecule has 1 aliphatic rings. The predicted molar refractivity (Wildman–Crippen MR) is 96.1 cm³/mol. The van der Waals surface area contributed by atoms with Crippen molar-refractivity contribution in [3.8, 4) is 0 Å². The van der Waals surface area contributed by atoms with Gasteiger partial charge in [0.1, 0.15) is 17.2 Å². The van der Waals surface area contributed by atoms with Crippen LogP contribution in [0.2, 0.25) is 0 Å². The van der Waals surface area contributed by atoms with Crippen molar-refractivity contribution >= 4 is 22.3 Å². The Kier molecular flexibility index (Phi) is 7.28. The third kappa shape index (κ3) is 4.67. The first-order valence-corrected chi connectivity index (χ1v) is 10.4. The average molecular weight is 382 g/mol. The van der Waals surface area contributed by atoms with Gasteiger partial charge in [0.05, 0.1) is 12.8 Å². The Bertz CT molecular complexity index is 748. The molecule has 0 spiro atoms. The summed E-state index contributed by atoms with van der Waals surface area (Å²) in [7, 11) is -2.56. The highest BCUT2D eigenvalue weighted by Gasteiger charge is 2.41. The summed E-state index contributed by atoms with van der Waals surface area (Å²) in [5, 5.41) is 0. The molecule has 1 aliphatic heterocycles. The number of methoxy groups -OCH3 is 1. The minimum atomic E-state index is -3.82. The first kappa shape index (κ1) is 20.5. The van der Waals surface area contributed by atoms with Crippen LogP contribution in [0.4, 0.5) is 0 Å². The summed E-state index contributed by atoms with van der Waals surface area (Å²) in [6.45, 7) is 2.12. The van der Waals surface area contributed by atoms with Crippen LogP contribution in [0.25, 0.3) is 0 Å². The van der Waals surface area contributed by atoms with Crippen molar-refractivity contribution in [3.63, 3.8) is 0 Å². The van der Waals surface area contributed by atoms with E-state index in [4.69, 9.17) is 4.74 Å². The van der Waals surface area contributed by atoms with Gasteiger partial charge in [-0.05, 0) is 51.2 Å². The maximum atomic E-state index is 13.2. The number of unbranched alkanes of at least 4 members (excludes halogenated alkanes) is 3. The second-order valence-corrected chi connectivity index (χ2v) is 8.32. The highest BCUT2D eigenvalue weighted by atomic mass is 32.2. The Balaban J connectivity index is 2.25. The summed E-state index contributed by atoms with van der Waals surface area (Å²) in [5.41, 5.74) is 1.27. The molecule has 1 saturated heterocycles. The van der Waals surface area contributed by atoms with Gasteiger partial charge in [0.25, 0.3) is 0 Å². The molecule has 0 bridgehead atoms. The average Bonchev–Trinajstić information content (AvgIpc) is 3.11. The van der Waals surface area contributed by atoms with Gasteiger partial charge in [0, 0.05) is 18.7 Å². The number of pyridine rings is 1. The van der Waals surface area contributed by atoms with Gasteiger partial charge in [-0.2, -0.15) is 4.31 Å². The molecule has 0 aliphatic carbocycles. The summed E-state index contributed by atoms with van der Waals surface area (Å²) < 4.78 is 32.3. The van der Waals surface area contributed by atoms with Crippen LogP contribution in [0, 0.1) is 6.92 Å². The summed E-state index contributed by atoms with van der Waals surface area (Å²) in [5.74, 6) is -0.526. The highest BCUT2D eigenvalue weighted by molar-refractivity contribution is 7.89. The van der Waals surface area contributed by atoms with E-state index in [1.54, 1.807) is 12.1 Å². The van der Waals surface area contributed by atoms with Crippen molar-refractivity contribution in [1.29, 1.82) is 0 Å². The lowest BCUT2D eigenvalue weighted by Gasteiger charge is -2.23. The van der Waals surface area contributed by atoms with Crippen LogP contribution in [0.15, 0.2) is 17.0 Å². The van der Waals surface area contributed by atoms with E-state index in [0.717, 1.165) is 31.2 Å². The monoisotopic (exact) mass is 382 g/mol. The third-order valence-electron chi connectivity index (χ3n) is 4.57. The number of aryl methyl sites for hydroxylation is 2. The van der Waals surface area contributed by atoms with Crippen LogP contribution in [-0.4, -0.2) is 49.7 Å². The quantitative estimate of drug-likeness (QED) is 0.368. The molecule has 0 aromatic carbocycles. The fraction of sp³-hybridized carbons (Fsp3) is 0.611. The second-order valence-electron chi connectivity index (χ2n) is 6.46. The fourth-order valence-electron chi connectivity index (χ4n) is 3.23. The molecule has 144 valence electrons. The SMILES string of the molecule is COC(=O)[C@@H]1CCCN1S(=O)(=O)c1ccc(C)nc1CCCCCC=O. The van der Waals surface area contributed by atoms with Gasteiger partial charge in [-0.3, -0.25) is 9.78 Å². The number of rotatable bonds is 9. The van der Waals surface area contributed by atoms with Crippen molar-refractivity contribution < 1.29 is 22.7 Å². The molecule has 26 heavy (non-hydrogen) atoms. The summed E-state index contributed by atoms with van der Waals surface area (Å²) in [6, 6.07) is 2.48. The van der Waals surface area contributed by atoms with Crippen LogP contribution in [0.1, 0.15) is 49.9 Å². The molecule has 0 N–H and O–H groups in total. The largest absolute Gasteiger partial charge is 0.468 e. The van der Waals surface area contributed by atoms with Crippen molar-refractivity contribution in [2.24, 2.45) is 0 Å². The molecule has 8 heteroatoms. The molecule has 1 aromatic rings. The number of hydrogen-bond acceptors (Lipinski definition) is 6. The van der Waals surface area contributed by atoms with Gasteiger partial charge in [0.15, 0.2) is 0 Å². The first-order valence-electron chi connectivity index (χ1n) is 8.91. The number of carbonyl (C=O) groups is 2. The number of sulfonamides is 1. The number of aromatic nitrogens is 1. The lowest BCUT2D eigenvalue weighted by molar-refractivity contribution is -0.144. The van der Waals surface area contributed by atoms with Gasteiger partial charge in [-0.1, -0.05) is 6.42 Å². The summed E-state index contributed by atoms with van der Waals surface area (Å²) in [4.78, 5) is 26.9. The summed E-state index contributed by atoms with van der Waals surface area (Å²) >= 11 is 0. The summed E-state index contributed by atoms with van der Waals surface area (Å²) in [6.07, 6.45) is 5.39. The highest BCUT2D eigenvalue weighted by Crippen LogP contribution is 2.29. The zero-order valence-electron chi connectivity index (χ0n) is 15.3. The van der Waals surface area contributed by atoms with Crippen LogP contribution in [0.5, 0.6) is 0 Å². The van der Waals surface area contributed by atoms with E-state index in [0.29, 0.717) is 37.9 Å². The van der Waals surface area contributed by atoms with E-state index in [-0.39, 0.29) is 4.90 Å². The van der Waals surface area contributed by atoms with Gasteiger partial charge in [-0.25, -0.2) is 8.42 Å². The van der Waals surface area contributed by atoms with Crippen molar-refractivity contribution in [3.05, 3.63) is 23.5 Å². The zero-order chi connectivity index (χ0) is 19.2. The van der Waals surface area contributed by atoms with E-state index in [1.165, 1.54) is 11.4 Å². The molecule has 2 rings (SSSR count). The number of ether oxygens (including phenoxy) is 1. The van der Waals surface area contributed by atoms with Gasteiger partial charge < -0.3 is 9.53 Å². The predicted octanol–water partition coefficient (Wildman–Crippen LogP) is 2.02. The second kappa shape index (κ2) is 9.23. The van der Waals surface area contributed by atoms with Crippen molar-refractivity contribution in [2.75, 3.05) is 13.7 Å². The van der Waals surface area contributed by atoms with Crippen molar-refractivity contribution in [1.82, 2.24) is 9.29 Å². The van der Waals surface area contributed by atoms with Crippen LogP contribution < -0.4 is 0 Å². The molecule has 1 atom stereocenters. The molecule has 0 radical (unpaired) electrons. The molecule has 0 unspecified atom stereocenters. The zero-order valence-corrected chi connectivity index (χ0v) is 16.1. The first-order chi connectivity index (χ1) is 12.4. The smallest absolute Gasteiger partial charge is 0.324 e. The molecule has 0 saturated carbocycles. The van der Waals surface area contributed by atoms with Gasteiger partial charge in [0.2, 0.25) is 10.0 Å². The normalized spacial score (nSPS) is 18.0. The number of esters is 1. The number of aldehydes is 1. The van der Waals surface area contributed by atoms with Crippen molar-refractivity contribution in [2.45, 2.75) is 62.8 Å². The molecule has 1 aromatic heterocycles. The maximum absolute atomic E-state index is 13.2. The Labute approximate surface area is 154 Å². The Hall–Kier alpha value is -1.80. The van der Waals surface area contributed by atoms with Gasteiger partial charge in [-0.15, -0.1) is 0 Å². The van der Waals surface area contributed by atoms with E-state index < -0.39 is 22.0 Å². The van der Waals surface area contributed by atoms with E-state index in [1.807, 2.05) is 6.92 Å². The van der Waals surface area contributed by atoms with E-state index >= 15 is 0 Å². The molecule has 0 amide bonds. The Morgan fingerprint density at radius 3 is 2.81 bits per heavy atom. The minimum absolute atomic E-state index is 0.161. The molecule has 7 nitrogen and oxygen atoms in total. The molecule has 2 heterocycles. The number of carbonyl (C=O) groups excluding carboxylic acids is 2. The van der Waals surface area contributed by atoms with Crippen LogP contribution in [0.3, 0.4) is 0 Å². The van der Waals surface area contributed by atoms with Crippen LogP contribution >= 0.6 is 0 Å². The Morgan fingerprint density at radius 1 is 1.35 bits per heavy atom. The topological polar surface area (TPSA) is 93.6 Å². The van der Waals surface area contributed by atoms with Crippen LogP contribution in [-0.2, 0) is 30.8 Å². The lowest BCUT2D eigenvalue weighted by atomic mass is 10.1. The minimum Gasteiger partial charge on any atom is -0.468 e. The number of nitrogens with zero attached hydrogens (tertiary/aromatic N) is 2.